The minimum atomic E-state index is -0.905. The summed E-state index contributed by atoms with van der Waals surface area (Å²) >= 11 is 0. The zero-order chi connectivity index (χ0) is 15.3. The highest BCUT2D eigenvalue weighted by molar-refractivity contribution is 5.84. The lowest BCUT2D eigenvalue weighted by molar-refractivity contribution is -0.144. The second-order valence-electron chi connectivity index (χ2n) is 6.71. The fourth-order valence-electron chi connectivity index (χ4n) is 2.75. The van der Waals surface area contributed by atoms with E-state index in [0.717, 1.165) is 5.69 Å². The van der Waals surface area contributed by atoms with E-state index in [2.05, 4.69) is 0 Å². The average Bonchev–Trinajstić information content (AvgIpc) is 2.25. The molecular formula is C15H22N2O3. The van der Waals surface area contributed by atoms with Crippen LogP contribution in [0.2, 0.25) is 0 Å². The van der Waals surface area contributed by atoms with Crippen molar-refractivity contribution in [2.45, 2.75) is 51.8 Å². The van der Waals surface area contributed by atoms with Crippen molar-refractivity contribution >= 4 is 17.3 Å². The SMILES string of the molecule is CC1(C)Oc2ccc(N)cc2N(C(C)(C)C)C1C(=O)O. The fourth-order valence-corrected chi connectivity index (χ4v) is 2.75. The number of anilines is 2. The Bertz CT molecular complexity index is 547. The number of ether oxygens (including phenoxy) is 1. The number of carbonyl (C=O) groups is 1. The molecule has 1 atom stereocenters. The average molecular weight is 278 g/mol. The first-order chi connectivity index (χ1) is 9.04. The molecule has 0 aliphatic carbocycles. The number of benzene rings is 1. The summed E-state index contributed by atoms with van der Waals surface area (Å²) in [6, 6.07) is 4.54. The highest BCUT2D eigenvalue weighted by Crippen LogP contribution is 2.44. The first kappa shape index (κ1) is 14.5. The summed E-state index contributed by atoms with van der Waals surface area (Å²) in [5.74, 6) is -0.241. The van der Waals surface area contributed by atoms with Crippen molar-refractivity contribution in [3.05, 3.63) is 18.2 Å². The predicted octanol–water partition coefficient (Wildman–Crippen LogP) is 2.50. The van der Waals surface area contributed by atoms with Crippen LogP contribution >= 0.6 is 0 Å². The lowest BCUT2D eigenvalue weighted by Crippen LogP contribution is -2.64. The van der Waals surface area contributed by atoms with Gasteiger partial charge in [0.1, 0.15) is 11.4 Å². The Kier molecular flexibility index (Phi) is 3.11. The molecule has 0 aromatic heterocycles. The van der Waals surface area contributed by atoms with Crippen LogP contribution in [-0.4, -0.2) is 28.3 Å². The van der Waals surface area contributed by atoms with Crippen molar-refractivity contribution < 1.29 is 14.6 Å². The van der Waals surface area contributed by atoms with Gasteiger partial charge in [-0.2, -0.15) is 0 Å². The maximum atomic E-state index is 11.8. The minimum absolute atomic E-state index is 0.368. The lowest BCUT2D eigenvalue weighted by atomic mass is 9.89. The molecule has 0 saturated heterocycles. The fraction of sp³-hybridized carbons (Fsp3) is 0.533. The largest absolute Gasteiger partial charge is 0.483 e. The van der Waals surface area contributed by atoms with Crippen molar-refractivity contribution in [2.24, 2.45) is 0 Å². The normalized spacial score (nSPS) is 21.1. The molecular weight excluding hydrogens is 256 g/mol. The van der Waals surface area contributed by atoms with Crippen molar-refractivity contribution in [1.29, 1.82) is 0 Å². The maximum Gasteiger partial charge on any atom is 0.330 e. The molecule has 5 nitrogen and oxygen atoms in total. The van der Waals surface area contributed by atoms with Gasteiger partial charge in [-0.25, -0.2) is 4.79 Å². The third-order valence-electron chi connectivity index (χ3n) is 3.49. The molecule has 1 aliphatic heterocycles. The Morgan fingerprint density at radius 3 is 2.50 bits per heavy atom. The summed E-state index contributed by atoms with van der Waals surface area (Å²) in [4.78, 5) is 13.6. The van der Waals surface area contributed by atoms with Gasteiger partial charge >= 0.3 is 5.97 Å². The van der Waals surface area contributed by atoms with Gasteiger partial charge < -0.3 is 20.5 Å². The van der Waals surface area contributed by atoms with Gasteiger partial charge in [-0.05, 0) is 52.8 Å². The van der Waals surface area contributed by atoms with E-state index in [-0.39, 0.29) is 5.54 Å². The first-order valence-corrected chi connectivity index (χ1v) is 6.65. The number of nitrogens with two attached hydrogens (primary N) is 1. The summed E-state index contributed by atoms with van der Waals surface area (Å²) in [7, 11) is 0. The zero-order valence-electron chi connectivity index (χ0n) is 12.6. The number of rotatable bonds is 1. The molecule has 1 heterocycles. The second kappa shape index (κ2) is 4.30. The Hall–Kier alpha value is -1.91. The standard InChI is InChI=1S/C15H22N2O3/c1-14(2,3)17-10-8-9(16)6-7-11(10)20-15(4,5)12(17)13(18)19/h6-8,12H,16H2,1-5H3,(H,18,19). The quantitative estimate of drug-likeness (QED) is 0.772. The van der Waals surface area contributed by atoms with Gasteiger partial charge in [0.15, 0.2) is 6.04 Å². The van der Waals surface area contributed by atoms with Gasteiger partial charge in [0, 0.05) is 11.2 Å². The van der Waals surface area contributed by atoms with Gasteiger partial charge in [0.05, 0.1) is 5.69 Å². The molecule has 1 aliphatic rings. The van der Waals surface area contributed by atoms with Crippen molar-refractivity contribution in [3.63, 3.8) is 0 Å². The van der Waals surface area contributed by atoms with Crippen LogP contribution in [0.4, 0.5) is 11.4 Å². The first-order valence-electron chi connectivity index (χ1n) is 6.65. The predicted molar refractivity (Wildman–Crippen MR) is 79.2 cm³/mol. The molecule has 0 bridgehead atoms. The Balaban J connectivity index is 2.69. The lowest BCUT2D eigenvalue weighted by Gasteiger charge is -2.51. The van der Waals surface area contributed by atoms with Crippen molar-refractivity contribution in [1.82, 2.24) is 0 Å². The molecule has 20 heavy (non-hydrogen) atoms. The summed E-state index contributed by atoms with van der Waals surface area (Å²) in [6.45, 7) is 9.54. The number of hydrogen-bond donors (Lipinski definition) is 2. The second-order valence-corrected chi connectivity index (χ2v) is 6.71. The molecule has 1 unspecified atom stereocenters. The van der Waals surface area contributed by atoms with Crippen LogP contribution in [-0.2, 0) is 4.79 Å². The Morgan fingerprint density at radius 1 is 1.40 bits per heavy atom. The highest BCUT2D eigenvalue weighted by Gasteiger charge is 2.49. The molecule has 2 rings (SSSR count). The number of carboxylic acids is 1. The van der Waals surface area contributed by atoms with Gasteiger partial charge in [-0.3, -0.25) is 0 Å². The molecule has 0 fully saturated rings. The maximum absolute atomic E-state index is 11.8. The molecule has 1 aromatic rings. The topological polar surface area (TPSA) is 75.8 Å². The molecule has 110 valence electrons. The summed E-state index contributed by atoms with van der Waals surface area (Å²) in [6.07, 6.45) is 0. The van der Waals surface area contributed by atoms with Crippen molar-refractivity contribution in [2.75, 3.05) is 10.6 Å². The van der Waals surface area contributed by atoms with Gasteiger partial charge in [-0.1, -0.05) is 0 Å². The molecule has 3 N–H and O–H groups in total. The van der Waals surface area contributed by atoms with Crippen LogP contribution in [0.15, 0.2) is 18.2 Å². The van der Waals surface area contributed by atoms with Gasteiger partial charge in [-0.15, -0.1) is 0 Å². The van der Waals surface area contributed by atoms with Gasteiger partial charge in [0.25, 0.3) is 0 Å². The highest BCUT2D eigenvalue weighted by atomic mass is 16.5. The molecule has 0 saturated carbocycles. The van der Waals surface area contributed by atoms with E-state index in [4.69, 9.17) is 10.5 Å². The van der Waals surface area contributed by atoms with Crippen LogP contribution in [0.3, 0.4) is 0 Å². The van der Waals surface area contributed by atoms with E-state index >= 15 is 0 Å². The molecule has 0 amide bonds. The van der Waals surface area contributed by atoms with Crippen LogP contribution < -0.4 is 15.4 Å². The molecule has 0 spiro atoms. The van der Waals surface area contributed by atoms with E-state index in [9.17, 15) is 9.90 Å². The summed E-state index contributed by atoms with van der Waals surface area (Å²) in [5, 5.41) is 9.65. The van der Waals surface area contributed by atoms with E-state index < -0.39 is 17.6 Å². The van der Waals surface area contributed by atoms with E-state index in [0.29, 0.717) is 11.4 Å². The number of carboxylic acid groups (broad SMARTS) is 1. The van der Waals surface area contributed by atoms with E-state index in [1.165, 1.54) is 0 Å². The van der Waals surface area contributed by atoms with Gasteiger partial charge in [0.2, 0.25) is 0 Å². The molecule has 0 radical (unpaired) electrons. The van der Waals surface area contributed by atoms with Crippen LogP contribution in [0.25, 0.3) is 0 Å². The minimum Gasteiger partial charge on any atom is -0.483 e. The van der Waals surface area contributed by atoms with E-state index in [1.807, 2.05) is 25.7 Å². The summed E-state index contributed by atoms with van der Waals surface area (Å²) < 4.78 is 5.90. The Morgan fingerprint density at radius 2 is 2.00 bits per heavy atom. The number of hydrogen-bond acceptors (Lipinski definition) is 4. The van der Waals surface area contributed by atoms with Crippen LogP contribution in [0.5, 0.6) is 5.75 Å². The number of nitrogens with zero attached hydrogens (tertiary/aromatic N) is 1. The van der Waals surface area contributed by atoms with Crippen LogP contribution in [0, 0.1) is 0 Å². The number of nitrogen functional groups attached to an aromatic ring is 1. The zero-order valence-corrected chi connectivity index (χ0v) is 12.6. The van der Waals surface area contributed by atoms with Crippen LogP contribution in [0.1, 0.15) is 34.6 Å². The van der Waals surface area contributed by atoms with E-state index in [1.54, 1.807) is 32.0 Å². The molecule has 1 aromatic carbocycles. The monoisotopic (exact) mass is 278 g/mol. The van der Waals surface area contributed by atoms with Crippen molar-refractivity contribution in [3.8, 4) is 5.75 Å². The number of aliphatic carboxylic acids is 1. The smallest absolute Gasteiger partial charge is 0.330 e. The summed E-state index contributed by atoms with van der Waals surface area (Å²) in [5.41, 5.74) is 5.96. The third-order valence-corrected chi connectivity index (χ3v) is 3.49. The molecule has 5 heteroatoms. The number of fused-ring (bicyclic) bond motifs is 1. The third kappa shape index (κ3) is 2.28. The Labute approximate surface area is 119 Å².